The molecular weight excluding hydrogens is 312 g/mol. The Balaban J connectivity index is 1.85. The number of benzene rings is 2. The molecule has 2 aromatic rings. The molecule has 2 heterocycles. The SMILES string of the molecule is COc1cc(OC)cc(C2=N[C@@H]3CCN(C)C[C@@H]3c3ccccc32)c1. The smallest absolute Gasteiger partial charge is 0.123 e. The molecule has 2 aliphatic heterocycles. The fourth-order valence-electron chi connectivity index (χ4n) is 4.01. The monoisotopic (exact) mass is 336 g/mol. The molecule has 0 radical (unpaired) electrons. The Hall–Kier alpha value is -2.33. The van der Waals surface area contributed by atoms with Crippen molar-refractivity contribution in [3.05, 3.63) is 59.2 Å². The van der Waals surface area contributed by atoms with Crippen molar-refractivity contribution in [2.24, 2.45) is 4.99 Å². The molecule has 0 spiro atoms. The lowest BCUT2D eigenvalue weighted by Crippen LogP contribution is -2.41. The molecule has 130 valence electrons. The quantitative estimate of drug-likeness (QED) is 0.862. The van der Waals surface area contributed by atoms with E-state index in [9.17, 15) is 0 Å². The van der Waals surface area contributed by atoms with Gasteiger partial charge in [-0.25, -0.2) is 0 Å². The number of piperidine rings is 1. The summed E-state index contributed by atoms with van der Waals surface area (Å²) >= 11 is 0. The third-order valence-corrected chi connectivity index (χ3v) is 5.31. The summed E-state index contributed by atoms with van der Waals surface area (Å²) in [6.07, 6.45) is 1.10. The van der Waals surface area contributed by atoms with Crippen molar-refractivity contribution in [3.63, 3.8) is 0 Å². The summed E-state index contributed by atoms with van der Waals surface area (Å²) in [5.74, 6) is 2.06. The lowest BCUT2D eigenvalue weighted by atomic mass is 9.79. The van der Waals surface area contributed by atoms with Gasteiger partial charge in [0, 0.05) is 29.7 Å². The van der Waals surface area contributed by atoms with Gasteiger partial charge in [0.2, 0.25) is 0 Å². The number of likely N-dealkylation sites (N-methyl/N-ethyl adjacent to an activating group) is 1. The lowest BCUT2D eigenvalue weighted by molar-refractivity contribution is 0.227. The Morgan fingerprint density at radius 3 is 2.48 bits per heavy atom. The summed E-state index contributed by atoms with van der Waals surface area (Å²) in [5, 5.41) is 0. The fraction of sp³-hybridized carbons (Fsp3) is 0.381. The molecule has 0 N–H and O–H groups in total. The van der Waals surface area contributed by atoms with E-state index in [-0.39, 0.29) is 0 Å². The zero-order valence-electron chi connectivity index (χ0n) is 15.0. The predicted octanol–water partition coefficient (Wildman–Crippen LogP) is 3.34. The highest BCUT2D eigenvalue weighted by atomic mass is 16.5. The number of rotatable bonds is 3. The Kier molecular flexibility index (Phi) is 4.22. The van der Waals surface area contributed by atoms with Crippen molar-refractivity contribution in [1.82, 2.24) is 4.90 Å². The molecule has 2 aliphatic rings. The molecule has 2 atom stereocenters. The first-order valence-electron chi connectivity index (χ1n) is 8.78. The summed E-state index contributed by atoms with van der Waals surface area (Å²) in [5.41, 5.74) is 4.75. The Bertz CT molecular complexity index is 793. The second-order valence-electron chi connectivity index (χ2n) is 6.89. The van der Waals surface area contributed by atoms with Crippen LogP contribution in [-0.2, 0) is 0 Å². The molecule has 0 amide bonds. The largest absolute Gasteiger partial charge is 0.497 e. The van der Waals surface area contributed by atoms with Crippen molar-refractivity contribution >= 4 is 5.71 Å². The third kappa shape index (κ3) is 2.91. The minimum Gasteiger partial charge on any atom is -0.497 e. The summed E-state index contributed by atoms with van der Waals surface area (Å²) < 4.78 is 10.9. The van der Waals surface area contributed by atoms with Crippen molar-refractivity contribution in [3.8, 4) is 11.5 Å². The van der Waals surface area contributed by atoms with Crippen LogP contribution in [0.15, 0.2) is 47.5 Å². The second kappa shape index (κ2) is 6.52. The molecule has 0 aromatic heterocycles. The maximum atomic E-state index is 5.46. The van der Waals surface area contributed by atoms with E-state index in [1.54, 1.807) is 14.2 Å². The molecule has 0 aliphatic carbocycles. The molecule has 1 saturated heterocycles. The van der Waals surface area contributed by atoms with Gasteiger partial charge in [-0.3, -0.25) is 4.99 Å². The van der Waals surface area contributed by atoms with E-state index in [4.69, 9.17) is 14.5 Å². The van der Waals surface area contributed by atoms with Gasteiger partial charge >= 0.3 is 0 Å². The Morgan fingerprint density at radius 1 is 1.04 bits per heavy atom. The summed E-state index contributed by atoms with van der Waals surface area (Å²) in [6, 6.07) is 15.0. The topological polar surface area (TPSA) is 34.1 Å². The number of nitrogens with zero attached hydrogens (tertiary/aromatic N) is 2. The van der Waals surface area contributed by atoms with E-state index >= 15 is 0 Å². The van der Waals surface area contributed by atoms with Crippen LogP contribution in [0.4, 0.5) is 0 Å². The molecule has 0 bridgehead atoms. The van der Waals surface area contributed by atoms with Gasteiger partial charge in [-0.2, -0.15) is 0 Å². The highest BCUT2D eigenvalue weighted by Gasteiger charge is 2.34. The Morgan fingerprint density at radius 2 is 1.76 bits per heavy atom. The van der Waals surface area contributed by atoms with E-state index in [0.29, 0.717) is 12.0 Å². The van der Waals surface area contributed by atoms with Crippen LogP contribution in [0.2, 0.25) is 0 Å². The van der Waals surface area contributed by atoms with E-state index in [1.807, 2.05) is 18.2 Å². The number of fused-ring (bicyclic) bond motifs is 3. The van der Waals surface area contributed by atoms with E-state index < -0.39 is 0 Å². The maximum absolute atomic E-state index is 5.46. The van der Waals surface area contributed by atoms with Crippen molar-refractivity contribution in [1.29, 1.82) is 0 Å². The summed E-state index contributed by atoms with van der Waals surface area (Å²) in [6.45, 7) is 2.17. The number of hydrogen-bond donors (Lipinski definition) is 0. The molecule has 0 unspecified atom stereocenters. The third-order valence-electron chi connectivity index (χ3n) is 5.31. The number of aliphatic imine (C=N–C) groups is 1. The highest BCUT2D eigenvalue weighted by Crippen LogP contribution is 2.37. The van der Waals surface area contributed by atoms with Gasteiger partial charge < -0.3 is 14.4 Å². The van der Waals surface area contributed by atoms with Gasteiger partial charge in [0.05, 0.1) is 26.0 Å². The van der Waals surface area contributed by atoms with Crippen LogP contribution in [0, 0.1) is 0 Å². The van der Waals surface area contributed by atoms with Crippen LogP contribution >= 0.6 is 0 Å². The van der Waals surface area contributed by atoms with Crippen molar-refractivity contribution in [2.75, 3.05) is 34.4 Å². The number of hydrogen-bond acceptors (Lipinski definition) is 4. The van der Waals surface area contributed by atoms with Crippen LogP contribution in [0.3, 0.4) is 0 Å². The van der Waals surface area contributed by atoms with E-state index in [1.165, 1.54) is 11.1 Å². The number of ether oxygens (including phenoxy) is 2. The van der Waals surface area contributed by atoms with Gasteiger partial charge in [-0.05, 0) is 37.7 Å². The standard InChI is InChI=1S/C21H24N2O2/c1-23-9-8-20-19(13-23)17-6-4-5-7-18(17)21(22-20)14-10-15(24-2)12-16(11-14)25-3/h4-7,10-12,19-20H,8-9,13H2,1-3H3/t19-,20-/m1/s1. The summed E-state index contributed by atoms with van der Waals surface area (Å²) in [4.78, 5) is 7.59. The van der Waals surface area contributed by atoms with Crippen LogP contribution in [0.25, 0.3) is 0 Å². The molecular formula is C21H24N2O2. The first kappa shape index (κ1) is 16.2. The molecule has 2 aromatic carbocycles. The van der Waals surface area contributed by atoms with E-state index in [0.717, 1.165) is 42.3 Å². The van der Waals surface area contributed by atoms with Crippen molar-refractivity contribution in [2.45, 2.75) is 18.4 Å². The average molecular weight is 336 g/mol. The van der Waals surface area contributed by atoms with Crippen LogP contribution in [-0.4, -0.2) is 51.0 Å². The van der Waals surface area contributed by atoms with E-state index in [2.05, 4.69) is 36.2 Å². The maximum Gasteiger partial charge on any atom is 0.123 e. The molecule has 25 heavy (non-hydrogen) atoms. The lowest BCUT2D eigenvalue weighted by Gasteiger charge is -2.39. The molecule has 4 nitrogen and oxygen atoms in total. The van der Waals surface area contributed by atoms with Gasteiger partial charge in [-0.1, -0.05) is 24.3 Å². The average Bonchev–Trinajstić information content (AvgIpc) is 2.67. The number of methoxy groups -OCH3 is 2. The highest BCUT2D eigenvalue weighted by molar-refractivity contribution is 6.15. The van der Waals surface area contributed by atoms with Crippen LogP contribution < -0.4 is 9.47 Å². The summed E-state index contributed by atoms with van der Waals surface area (Å²) in [7, 11) is 5.56. The minimum absolute atomic E-state index is 0.346. The zero-order valence-corrected chi connectivity index (χ0v) is 15.0. The first-order valence-corrected chi connectivity index (χ1v) is 8.78. The second-order valence-corrected chi connectivity index (χ2v) is 6.89. The zero-order chi connectivity index (χ0) is 17.4. The normalized spacial score (nSPS) is 22.6. The van der Waals surface area contributed by atoms with Gasteiger partial charge in [0.1, 0.15) is 11.5 Å². The predicted molar refractivity (Wildman–Crippen MR) is 100 cm³/mol. The molecule has 4 rings (SSSR count). The van der Waals surface area contributed by atoms with Crippen molar-refractivity contribution < 1.29 is 9.47 Å². The molecule has 0 saturated carbocycles. The number of likely N-dealkylation sites (tertiary alicyclic amines) is 1. The van der Waals surface area contributed by atoms with Gasteiger partial charge in [0.25, 0.3) is 0 Å². The minimum atomic E-state index is 0.346. The van der Waals surface area contributed by atoms with Crippen LogP contribution in [0.1, 0.15) is 29.0 Å². The van der Waals surface area contributed by atoms with Gasteiger partial charge in [0.15, 0.2) is 0 Å². The Labute approximate surface area is 149 Å². The van der Waals surface area contributed by atoms with Gasteiger partial charge in [-0.15, -0.1) is 0 Å². The molecule has 1 fully saturated rings. The first-order chi connectivity index (χ1) is 12.2. The molecule has 4 heteroatoms. The fourth-order valence-corrected chi connectivity index (χ4v) is 4.01. The van der Waals surface area contributed by atoms with Crippen LogP contribution in [0.5, 0.6) is 11.5 Å².